The van der Waals surface area contributed by atoms with Crippen LogP contribution in [0.15, 0.2) is 88.9 Å². The van der Waals surface area contributed by atoms with Crippen LogP contribution < -0.4 is 4.74 Å². The Bertz CT molecular complexity index is 1240. The molecule has 0 radical (unpaired) electrons. The van der Waals surface area contributed by atoms with Gasteiger partial charge in [-0.1, -0.05) is 47.5 Å². The molecule has 0 aliphatic carbocycles. The standard InChI is InChI=1S/C28H25Cl2F2NO4/c29-22-16-27(30,36-19-21-4-8-24(32)9-5-21)28(33-17-22,37-26-12-10-25(34)11-13-26)14-1-15-35-18-20-2-6-23(31)7-3-20/h2-13,16-17,34H,1,14-15,18-19H2. The number of rotatable bonds is 11. The van der Waals surface area contributed by atoms with Crippen LogP contribution in [0.5, 0.6) is 11.5 Å². The zero-order valence-corrected chi connectivity index (χ0v) is 21.3. The first-order valence-corrected chi connectivity index (χ1v) is 12.3. The molecule has 0 saturated heterocycles. The number of aromatic hydroxyl groups is 1. The molecule has 0 saturated carbocycles. The maximum Gasteiger partial charge on any atom is 0.246 e. The number of alkyl halides is 1. The minimum Gasteiger partial charge on any atom is -0.508 e. The van der Waals surface area contributed by atoms with E-state index in [1.54, 1.807) is 36.4 Å². The highest BCUT2D eigenvalue weighted by molar-refractivity contribution is 6.40. The summed E-state index contributed by atoms with van der Waals surface area (Å²) in [5.74, 6) is -0.183. The van der Waals surface area contributed by atoms with Crippen molar-refractivity contribution in [1.82, 2.24) is 0 Å². The van der Waals surface area contributed by atoms with Crippen molar-refractivity contribution in [2.45, 2.75) is 36.8 Å². The van der Waals surface area contributed by atoms with Crippen LogP contribution in [-0.4, -0.2) is 28.7 Å². The van der Waals surface area contributed by atoms with Gasteiger partial charge in [0.2, 0.25) is 10.8 Å². The predicted octanol–water partition coefficient (Wildman–Crippen LogP) is 7.10. The topological polar surface area (TPSA) is 60.3 Å². The molecule has 5 nitrogen and oxygen atoms in total. The smallest absolute Gasteiger partial charge is 0.246 e. The monoisotopic (exact) mass is 547 g/mol. The minimum atomic E-state index is -1.62. The van der Waals surface area contributed by atoms with Gasteiger partial charge in [-0.15, -0.1) is 0 Å². The zero-order chi connectivity index (χ0) is 26.3. The fourth-order valence-electron chi connectivity index (χ4n) is 3.78. The summed E-state index contributed by atoms with van der Waals surface area (Å²) in [6.07, 6.45) is 3.73. The van der Waals surface area contributed by atoms with Crippen LogP contribution in [0.3, 0.4) is 0 Å². The number of phenolic OH excluding ortho intramolecular Hbond substituents is 1. The van der Waals surface area contributed by atoms with E-state index in [0.717, 1.165) is 5.56 Å². The van der Waals surface area contributed by atoms with Crippen LogP contribution in [-0.2, 0) is 22.7 Å². The lowest BCUT2D eigenvalue weighted by atomic mass is 9.97. The summed E-state index contributed by atoms with van der Waals surface area (Å²) in [6, 6.07) is 18.1. The molecule has 0 spiro atoms. The predicted molar refractivity (Wildman–Crippen MR) is 139 cm³/mol. The van der Waals surface area contributed by atoms with E-state index >= 15 is 0 Å². The Morgan fingerprint density at radius 2 is 1.43 bits per heavy atom. The summed E-state index contributed by atoms with van der Waals surface area (Å²) >= 11 is 13.3. The Balaban J connectivity index is 1.52. The molecule has 1 N–H and O–H groups in total. The summed E-state index contributed by atoms with van der Waals surface area (Å²) in [5, 5.41) is 8.32. The molecule has 1 heterocycles. The fraction of sp³-hybridized carbons (Fsp3) is 0.250. The van der Waals surface area contributed by atoms with E-state index in [9.17, 15) is 13.9 Å². The lowest BCUT2D eigenvalue weighted by molar-refractivity contribution is -0.105. The van der Waals surface area contributed by atoms with Gasteiger partial charge in [0, 0.05) is 19.2 Å². The van der Waals surface area contributed by atoms with Crippen molar-refractivity contribution >= 4 is 29.4 Å². The lowest BCUT2D eigenvalue weighted by Crippen LogP contribution is -2.55. The molecule has 194 valence electrons. The summed E-state index contributed by atoms with van der Waals surface area (Å²) in [4.78, 5) is 4.58. The van der Waals surface area contributed by atoms with Crippen LogP contribution in [0.4, 0.5) is 8.78 Å². The van der Waals surface area contributed by atoms with E-state index in [1.165, 1.54) is 48.7 Å². The van der Waals surface area contributed by atoms with Gasteiger partial charge in [-0.25, -0.2) is 13.8 Å². The zero-order valence-electron chi connectivity index (χ0n) is 19.7. The Morgan fingerprint density at radius 3 is 2.05 bits per heavy atom. The lowest BCUT2D eigenvalue weighted by Gasteiger charge is -2.43. The summed E-state index contributed by atoms with van der Waals surface area (Å²) < 4.78 is 44.7. The van der Waals surface area contributed by atoms with Gasteiger partial charge in [0.05, 0.1) is 18.2 Å². The first-order chi connectivity index (χ1) is 17.8. The molecule has 3 aromatic rings. The van der Waals surface area contributed by atoms with Gasteiger partial charge in [-0.05, 0) is 72.2 Å². The number of ether oxygens (including phenoxy) is 3. The van der Waals surface area contributed by atoms with E-state index in [1.807, 2.05) is 0 Å². The average Bonchev–Trinajstić information content (AvgIpc) is 2.88. The van der Waals surface area contributed by atoms with Crippen molar-refractivity contribution in [3.63, 3.8) is 0 Å². The van der Waals surface area contributed by atoms with Gasteiger partial charge in [-0.3, -0.25) is 0 Å². The third-order valence-electron chi connectivity index (χ3n) is 5.72. The van der Waals surface area contributed by atoms with Gasteiger partial charge in [0.15, 0.2) is 0 Å². The number of nitrogens with zero attached hydrogens (tertiary/aromatic N) is 1. The van der Waals surface area contributed by atoms with Gasteiger partial charge in [0.1, 0.15) is 23.1 Å². The molecule has 0 aromatic heterocycles. The molecule has 1 aliphatic heterocycles. The minimum absolute atomic E-state index is 0.0434. The number of aliphatic imine (C=N–C) groups is 1. The van der Waals surface area contributed by atoms with E-state index in [0.29, 0.717) is 30.9 Å². The number of hydrogen-bond acceptors (Lipinski definition) is 5. The third-order valence-corrected chi connectivity index (χ3v) is 6.44. The van der Waals surface area contributed by atoms with Gasteiger partial charge >= 0.3 is 0 Å². The second-order valence-corrected chi connectivity index (χ2v) is 9.51. The van der Waals surface area contributed by atoms with Crippen LogP contribution >= 0.6 is 23.2 Å². The van der Waals surface area contributed by atoms with Crippen LogP contribution in [0.2, 0.25) is 0 Å². The number of benzene rings is 3. The molecular formula is C28H25Cl2F2NO4. The molecule has 1 aliphatic rings. The molecule has 0 fully saturated rings. The van der Waals surface area contributed by atoms with Crippen molar-refractivity contribution in [3.05, 3.63) is 107 Å². The maximum atomic E-state index is 13.4. The van der Waals surface area contributed by atoms with E-state index in [4.69, 9.17) is 37.4 Å². The van der Waals surface area contributed by atoms with Gasteiger partial charge in [0.25, 0.3) is 0 Å². The molecule has 37 heavy (non-hydrogen) atoms. The first-order valence-electron chi connectivity index (χ1n) is 11.6. The Hall–Kier alpha value is -2.97. The Morgan fingerprint density at radius 1 is 0.838 bits per heavy atom. The second kappa shape index (κ2) is 12.0. The fourth-order valence-corrected chi connectivity index (χ4v) is 4.39. The SMILES string of the molecule is Oc1ccc(OC2(CCCOCc3ccc(F)cc3)N=CC(Cl)=CC2(Cl)OCc2ccc(F)cc2)cc1. The van der Waals surface area contributed by atoms with Crippen LogP contribution in [0.1, 0.15) is 24.0 Å². The number of allylic oxidation sites excluding steroid dienone is 1. The maximum absolute atomic E-state index is 13.4. The highest BCUT2D eigenvalue weighted by Gasteiger charge is 2.54. The first kappa shape index (κ1) is 27.1. The quantitative estimate of drug-likeness (QED) is 0.205. The van der Waals surface area contributed by atoms with Gasteiger partial charge in [-0.2, -0.15) is 0 Å². The van der Waals surface area contributed by atoms with E-state index < -0.39 is 10.8 Å². The summed E-state index contributed by atoms with van der Waals surface area (Å²) in [7, 11) is 0. The van der Waals surface area contributed by atoms with E-state index in [2.05, 4.69) is 4.99 Å². The van der Waals surface area contributed by atoms with Crippen molar-refractivity contribution in [2.75, 3.05) is 6.61 Å². The molecule has 9 heteroatoms. The molecule has 4 rings (SSSR count). The highest BCUT2D eigenvalue weighted by Crippen LogP contribution is 2.44. The van der Waals surface area contributed by atoms with Crippen molar-refractivity contribution in [1.29, 1.82) is 0 Å². The van der Waals surface area contributed by atoms with Crippen molar-refractivity contribution < 1.29 is 28.1 Å². The van der Waals surface area contributed by atoms with Gasteiger partial charge < -0.3 is 19.3 Å². The van der Waals surface area contributed by atoms with Crippen molar-refractivity contribution in [2.24, 2.45) is 4.99 Å². The molecule has 2 unspecified atom stereocenters. The summed E-state index contributed by atoms with van der Waals surface area (Å²) in [5.41, 5.74) is 0.0984. The number of dihydropyridines is 1. The Kier molecular flexibility index (Phi) is 8.82. The highest BCUT2D eigenvalue weighted by atomic mass is 35.5. The molecular weight excluding hydrogens is 523 g/mol. The van der Waals surface area contributed by atoms with Crippen LogP contribution in [0.25, 0.3) is 0 Å². The summed E-state index contributed by atoms with van der Waals surface area (Å²) in [6.45, 7) is 0.700. The largest absolute Gasteiger partial charge is 0.508 e. The van der Waals surface area contributed by atoms with Crippen LogP contribution in [0, 0.1) is 11.6 Å². The number of phenols is 1. The number of halogens is 4. The molecule has 0 amide bonds. The second-order valence-electron chi connectivity index (χ2n) is 8.51. The van der Waals surface area contributed by atoms with Crippen molar-refractivity contribution in [3.8, 4) is 11.5 Å². The molecule has 0 bridgehead atoms. The van der Waals surface area contributed by atoms with E-state index in [-0.39, 0.29) is 35.4 Å². The normalized spacial score (nSPS) is 21.0. The molecule has 2 atom stereocenters. The third kappa shape index (κ3) is 7.08. The average molecular weight is 548 g/mol. The molecule has 3 aromatic carbocycles. The number of hydrogen-bond donors (Lipinski definition) is 1. The Labute approximate surface area is 223 Å².